The summed E-state index contributed by atoms with van der Waals surface area (Å²) < 4.78 is 9.35. The van der Waals surface area contributed by atoms with Gasteiger partial charge >= 0.3 is 0 Å². The van der Waals surface area contributed by atoms with Gasteiger partial charge in [0.1, 0.15) is 5.58 Å². The standard InChI is InChI=1S/C54H43N3O/c1-4-5-7-17-38-33-43-44(54(38,2)3)30-31-47-50(43)42-19-11-13-22-46(42)57(47)48-23-14-20-40-39-29-28-37(32-49(39)58-52(40)48)53-55-45-21-12-10-18-41(45)51(56-53)36-26-24-35(25-27-36)34-15-8-6-9-16-34/h4-9,11-17,19-26,28-32,36H,1,10,18,27,33H2,2-3H3/b7-5-,38-17+. The van der Waals surface area contributed by atoms with Crippen LogP contribution in [0.4, 0.5) is 0 Å². The lowest BCUT2D eigenvalue weighted by molar-refractivity contribution is 0.644. The van der Waals surface area contributed by atoms with E-state index in [2.05, 4.69) is 171 Å². The van der Waals surface area contributed by atoms with Crippen LogP contribution in [0.5, 0.6) is 0 Å². The zero-order chi connectivity index (χ0) is 39.0. The molecule has 3 aliphatic carbocycles. The van der Waals surface area contributed by atoms with E-state index in [0.717, 1.165) is 76.1 Å². The van der Waals surface area contributed by atoms with E-state index >= 15 is 0 Å². The molecule has 11 rings (SSSR count). The van der Waals surface area contributed by atoms with Crippen molar-refractivity contribution in [2.75, 3.05) is 0 Å². The number of rotatable bonds is 6. The van der Waals surface area contributed by atoms with Crippen molar-refractivity contribution in [3.05, 3.63) is 198 Å². The molecule has 3 aromatic heterocycles. The Morgan fingerprint density at radius 3 is 2.52 bits per heavy atom. The number of allylic oxidation sites excluding steroid dienone is 10. The molecule has 0 radical (unpaired) electrons. The van der Waals surface area contributed by atoms with Crippen molar-refractivity contribution in [2.45, 2.75) is 50.9 Å². The summed E-state index contributed by atoms with van der Waals surface area (Å²) in [6.45, 7) is 8.56. The summed E-state index contributed by atoms with van der Waals surface area (Å²) in [7, 11) is 0. The van der Waals surface area contributed by atoms with Crippen LogP contribution in [0.1, 0.15) is 66.2 Å². The van der Waals surface area contributed by atoms with Gasteiger partial charge in [-0.25, -0.2) is 9.97 Å². The van der Waals surface area contributed by atoms with E-state index in [4.69, 9.17) is 14.4 Å². The topological polar surface area (TPSA) is 43.9 Å². The summed E-state index contributed by atoms with van der Waals surface area (Å²) >= 11 is 0. The third-order valence-corrected chi connectivity index (χ3v) is 12.8. The number of benzene rings is 5. The van der Waals surface area contributed by atoms with Crippen LogP contribution in [0.25, 0.3) is 72.5 Å². The average Bonchev–Trinajstić information content (AvgIpc) is 3.90. The molecule has 0 bridgehead atoms. The van der Waals surface area contributed by atoms with Crippen molar-refractivity contribution >= 4 is 55.4 Å². The van der Waals surface area contributed by atoms with Gasteiger partial charge in [-0.15, -0.1) is 0 Å². The predicted octanol–water partition coefficient (Wildman–Crippen LogP) is 13.7. The molecule has 1 unspecified atom stereocenters. The first-order valence-electron chi connectivity index (χ1n) is 20.5. The maximum atomic E-state index is 6.94. The highest BCUT2D eigenvalue weighted by atomic mass is 16.3. The molecule has 0 N–H and O–H groups in total. The van der Waals surface area contributed by atoms with E-state index in [1.54, 1.807) is 0 Å². The SMILES string of the molecule is C=C/C=C\C=C1/Cc2c(ccc3c2c2ccccc2n3-c2cccc3c2oc2cc(-c4nc5c(c(C6C=CC(c7ccccc7)=CC6)n4)CCC=C5)ccc23)C1(C)C. The Morgan fingerprint density at radius 1 is 0.793 bits per heavy atom. The van der Waals surface area contributed by atoms with Crippen LogP contribution in [0.2, 0.25) is 0 Å². The third kappa shape index (κ3) is 5.35. The molecule has 5 aromatic carbocycles. The summed E-state index contributed by atoms with van der Waals surface area (Å²) in [5.41, 5.74) is 16.2. The molecule has 0 aliphatic heterocycles. The highest BCUT2D eigenvalue weighted by Gasteiger charge is 2.36. The molecule has 1 atom stereocenters. The highest BCUT2D eigenvalue weighted by molar-refractivity contribution is 6.14. The number of hydrogen-bond donors (Lipinski definition) is 0. The molecule has 0 fully saturated rings. The summed E-state index contributed by atoms with van der Waals surface area (Å²) in [6, 6.07) is 37.1. The lowest BCUT2D eigenvalue weighted by atomic mass is 9.82. The quantitative estimate of drug-likeness (QED) is 0.159. The maximum Gasteiger partial charge on any atom is 0.160 e. The summed E-state index contributed by atoms with van der Waals surface area (Å²) in [6.07, 6.45) is 23.4. The number of hydrogen-bond acceptors (Lipinski definition) is 3. The van der Waals surface area contributed by atoms with E-state index in [1.807, 2.05) is 12.2 Å². The monoisotopic (exact) mass is 749 g/mol. The first-order chi connectivity index (χ1) is 28.5. The molecule has 0 saturated carbocycles. The van der Waals surface area contributed by atoms with Crippen molar-refractivity contribution in [3.8, 4) is 17.1 Å². The van der Waals surface area contributed by atoms with Crippen molar-refractivity contribution < 1.29 is 4.42 Å². The number of fused-ring (bicyclic) bond motifs is 9. The van der Waals surface area contributed by atoms with Crippen LogP contribution in [-0.2, 0) is 18.3 Å². The van der Waals surface area contributed by atoms with Crippen LogP contribution in [-0.4, -0.2) is 14.5 Å². The van der Waals surface area contributed by atoms with Gasteiger partial charge in [-0.05, 0) is 84.4 Å². The van der Waals surface area contributed by atoms with Crippen molar-refractivity contribution in [1.82, 2.24) is 14.5 Å². The Balaban J connectivity index is 1.03. The second-order valence-electron chi connectivity index (χ2n) is 16.4. The minimum atomic E-state index is -0.0659. The smallest absolute Gasteiger partial charge is 0.160 e. The van der Waals surface area contributed by atoms with Gasteiger partial charge in [0.2, 0.25) is 0 Å². The van der Waals surface area contributed by atoms with E-state index in [9.17, 15) is 0 Å². The van der Waals surface area contributed by atoms with Crippen LogP contribution in [0, 0.1) is 0 Å². The molecular weight excluding hydrogens is 707 g/mol. The van der Waals surface area contributed by atoms with E-state index < -0.39 is 0 Å². The molecule has 4 nitrogen and oxygen atoms in total. The fourth-order valence-electron chi connectivity index (χ4n) is 9.80. The lowest BCUT2D eigenvalue weighted by Crippen LogP contribution is -2.15. The molecule has 0 spiro atoms. The summed E-state index contributed by atoms with van der Waals surface area (Å²) in [5, 5.41) is 4.76. The zero-order valence-electron chi connectivity index (χ0n) is 32.9. The minimum absolute atomic E-state index is 0.0659. The summed E-state index contributed by atoms with van der Waals surface area (Å²) in [4.78, 5) is 10.5. The maximum absolute atomic E-state index is 6.94. The van der Waals surface area contributed by atoms with Gasteiger partial charge in [0, 0.05) is 44.0 Å². The molecule has 8 aromatic rings. The number of aromatic nitrogens is 3. The number of furan rings is 1. The summed E-state index contributed by atoms with van der Waals surface area (Å²) in [5.74, 6) is 0.934. The highest BCUT2D eigenvalue weighted by Crippen LogP contribution is 2.48. The van der Waals surface area contributed by atoms with Gasteiger partial charge in [0.15, 0.2) is 11.4 Å². The second-order valence-corrected chi connectivity index (χ2v) is 16.4. The van der Waals surface area contributed by atoms with Crippen LogP contribution in [0.3, 0.4) is 0 Å². The molecule has 3 heterocycles. The largest absolute Gasteiger partial charge is 0.454 e. The van der Waals surface area contributed by atoms with Crippen LogP contribution in [0.15, 0.2) is 168 Å². The predicted molar refractivity (Wildman–Crippen MR) is 242 cm³/mol. The lowest BCUT2D eigenvalue weighted by Gasteiger charge is -2.22. The van der Waals surface area contributed by atoms with Crippen LogP contribution >= 0.6 is 0 Å². The van der Waals surface area contributed by atoms with Gasteiger partial charge in [0.25, 0.3) is 0 Å². The zero-order valence-corrected chi connectivity index (χ0v) is 32.9. The van der Waals surface area contributed by atoms with Gasteiger partial charge in [0.05, 0.1) is 28.1 Å². The Labute approximate surface area is 338 Å². The third-order valence-electron chi connectivity index (χ3n) is 12.8. The Kier molecular flexibility index (Phi) is 7.97. The van der Waals surface area contributed by atoms with E-state index in [0.29, 0.717) is 0 Å². The average molecular weight is 750 g/mol. The van der Waals surface area contributed by atoms with Gasteiger partial charge < -0.3 is 8.98 Å². The fourth-order valence-corrected chi connectivity index (χ4v) is 9.80. The molecular formula is C54H43N3O. The Hall–Kier alpha value is -6.78. The number of nitrogens with zero attached hydrogens (tertiary/aromatic N) is 3. The molecule has 280 valence electrons. The molecule has 0 amide bonds. The fraction of sp³-hybridized carbons (Fsp3) is 0.148. The molecule has 58 heavy (non-hydrogen) atoms. The van der Waals surface area contributed by atoms with E-state index in [1.165, 1.54) is 55.2 Å². The van der Waals surface area contributed by atoms with Gasteiger partial charge in [-0.1, -0.05) is 147 Å². The second kappa shape index (κ2) is 13.4. The minimum Gasteiger partial charge on any atom is -0.454 e. The Bertz CT molecular complexity index is 3160. The van der Waals surface area contributed by atoms with Crippen LogP contribution < -0.4 is 0 Å². The van der Waals surface area contributed by atoms with Gasteiger partial charge in [-0.2, -0.15) is 0 Å². The number of para-hydroxylation sites is 2. The molecule has 4 heteroatoms. The van der Waals surface area contributed by atoms with Crippen molar-refractivity contribution in [1.29, 1.82) is 0 Å². The van der Waals surface area contributed by atoms with E-state index in [-0.39, 0.29) is 11.3 Å². The first kappa shape index (κ1) is 34.5. The molecule has 0 saturated heterocycles. The Morgan fingerprint density at radius 2 is 1.66 bits per heavy atom. The first-order valence-corrected chi connectivity index (χ1v) is 20.5. The molecule has 3 aliphatic rings. The van der Waals surface area contributed by atoms with Crippen molar-refractivity contribution in [3.63, 3.8) is 0 Å². The van der Waals surface area contributed by atoms with Crippen molar-refractivity contribution in [2.24, 2.45) is 0 Å². The van der Waals surface area contributed by atoms with Gasteiger partial charge in [-0.3, -0.25) is 0 Å². The normalized spacial score (nSPS) is 17.9.